The number of amides is 1. The lowest BCUT2D eigenvalue weighted by Gasteiger charge is -2.12. The average Bonchev–Trinajstić information content (AvgIpc) is 3.25. The van der Waals surface area contributed by atoms with Crippen LogP contribution in [0.5, 0.6) is 5.75 Å². The van der Waals surface area contributed by atoms with Crippen molar-refractivity contribution < 1.29 is 14.7 Å². The molecule has 0 aliphatic carbocycles. The molecule has 2 aromatic heterocycles. The first-order chi connectivity index (χ1) is 16.5. The lowest BCUT2D eigenvalue weighted by atomic mass is 10.00. The van der Waals surface area contributed by atoms with E-state index >= 15 is 0 Å². The molecule has 9 heteroatoms. The van der Waals surface area contributed by atoms with E-state index in [-0.39, 0.29) is 12.0 Å². The zero-order valence-corrected chi connectivity index (χ0v) is 19.1. The van der Waals surface area contributed by atoms with Crippen LogP contribution in [0.25, 0.3) is 22.4 Å². The van der Waals surface area contributed by atoms with Gasteiger partial charge in [-0.2, -0.15) is 5.10 Å². The number of nitrogens with zero attached hydrogens (tertiary/aromatic N) is 2. The molecule has 0 unspecified atom stereocenters. The van der Waals surface area contributed by atoms with Crippen LogP contribution in [0.2, 0.25) is 0 Å². The van der Waals surface area contributed by atoms with Gasteiger partial charge in [-0.25, -0.2) is 10.5 Å². The highest BCUT2D eigenvalue weighted by molar-refractivity contribution is 5.79. The van der Waals surface area contributed by atoms with Crippen LogP contribution >= 0.6 is 0 Å². The Bertz CT molecular complexity index is 1360. The molecule has 176 valence electrons. The maximum Gasteiger partial charge on any atom is 0.277 e. The molecule has 9 nitrogen and oxygen atoms in total. The fourth-order valence-corrected chi connectivity index (χ4v) is 3.89. The fourth-order valence-electron chi connectivity index (χ4n) is 3.89. The Kier molecular flexibility index (Phi) is 7.03. The smallest absolute Gasteiger partial charge is 0.277 e. The number of benzene rings is 2. The summed E-state index contributed by atoms with van der Waals surface area (Å²) in [5.41, 5.74) is 6.68. The number of nitrogens with one attached hydrogen (secondary N) is 3. The van der Waals surface area contributed by atoms with Crippen molar-refractivity contribution in [1.82, 2.24) is 25.6 Å². The van der Waals surface area contributed by atoms with Crippen molar-refractivity contribution in [2.24, 2.45) is 0 Å². The minimum absolute atomic E-state index is 0.111. The summed E-state index contributed by atoms with van der Waals surface area (Å²) in [7, 11) is 0. The summed E-state index contributed by atoms with van der Waals surface area (Å²) in [6, 6.07) is 13.5. The summed E-state index contributed by atoms with van der Waals surface area (Å²) >= 11 is 0. The maximum atomic E-state index is 12.7. The number of carbonyl (C=O) groups excluding carboxylic acids is 1. The number of fused-ring (bicyclic) bond motifs is 1. The summed E-state index contributed by atoms with van der Waals surface area (Å²) in [4.78, 5) is 31.7. The Hall–Kier alpha value is -3.98. The minimum atomic E-state index is -0.456. The first kappa shape index (κ1) is 23.2. The second kappa shape index (κ2) is 10.3. The van der Waals surface area contributed by atoms with E-state index in [1.165, 1.54) is 0 Å². The Morgan fingerprint density at radius 2 is 1.82 bits per heavy atom. The van der Waals surface area contributed by atoms with Gasteiger partial charge < -0.3 is 9.72 Å². The van der Waals surface area contributed by atoms with Crippen molar-refractivity contribution in [3.63, 3.8) is 0 Å². The normalized spacial score (nSPS) is 11.0. The van der Waals surface area contributed by atoms with Crippen molar-refractivity contribution in [1.29, 1.82) is 0 Å². The van der Waals surface area contributed by atoms with Crippen LogP contribution in [-0.4, -0.2) is 37.9 Å². The molecule has 0 radical (unpaired) electrons. The SMILES string of the molecule is CCCc1n[nH]c2c(=O)[nH]c(-c3cc(Cc4ccc(CC(=O)NO)cc4)ccc3OCC)nc12. The van der Waals surface area contributed by atoms with Gasteiger partial charge in [0.05, 0.1) is 24.3 Å². The zero-order chi connectivity index (χ0) is 24.1. The first-order valence-corrected chi connectivity index (χ1v) is 11.3. The molecule has 0 saturated heterocycles. The molecule has 0 fully saturated rings. The quantitative estimate of drug-likeness (QED) is 0.223. The summed E-state index contributed by atoms with van der Waals surface area (Å²) in [6.45, 7) is 4.44. The zero-order valence-electron chi connectivity index (χ0n) is 19.1. The van der Waals surface area contributed by atoms with Gasteiger partial charge in [0.2, 0.25) is 5.91 Å². The van der Waals surface area contributed by atoms with Gasteiger partial charge in [-0.15, -0.1) is 0 Å². The van der Waals surface area contributed by atoms with E-state index < -0.39 is 5.91 Å². The van der Waals surface area contributed by atoms with Crippen LogP contribution in [0.1, 0.15) is 42.7 Å². The van der Waals surface area contributed by atoms with Crippen molar-refractivity contribution >= 4 is 16.9 Å². The predicted octanol–water partition coefficient (Wildman–Crippen LogP) is 3.30. The number of hydroxylamine groups is 1. The topological polar surface area (TPSA) is 133 Å². The van der Waals surface area contributed by atoms with Gasteiger partial charge in [0, 0.05) is 0 Å². The molecule has 34 heavy (non-hydrogen) atoms. The van der Waals surface area contributed by atoms with Crippen molar-refractivity contribution in [3.8, 4) is 17.1 Å². The van der Waals surface area contributed by atoms with E-state index in [9.17, 15) is 9.59 Å². The van der Waals surface area contributed by atoms with Crippen LogP contribution in [0.4, 0.5) is 0 Å². The minimum Gasteiger partial charge on any atom is -0.493 e. The van der Waals surface area contributed by atoms with Crippen LogP contribution in [0, 0.1) is 0 Å². The molecule has 0 spiro atoms. The van der Waals surface area contributed by atoms with Gasteiger partial charge in [0.1, 0.15) is 22.6 Å². The van der Waals surface area contributed by atoms with Gasteiger partial charge in [0.25, 0.3) is 5.56 Å². The van der Waals surface area contributed by atoms with Crippen molar-refractivity contribution in [2.75, 3.05) is 6.61 Å². The highest BCUT2D eigenvalue weighted by Gasteiger charge is 2.16. The number of H-pyrrole nitrogens is 2. The van der Waals surface area contributed by atoms with E-state index in [4.69, 9.17) is 14.9 Å². The van der Waals surface area contributed by atoms with Crippen LogP contribution < -0.4 is 15.8 Å². The van der Waals surface area contributed by atoms with Gasteiger partial charge in [-0.1, -0.05) is 43.7 Å². The number of carbonyl (C=O) groups is 1. The standard InChI is InChI=1S/C25H27N5O4/c1-3-5-19-22-23(29-28-19)25(32)27-24(26-22)18-13-17(10-11-20(18)34-4-2)12-15-6-8-16(9-7-15)14-21(31)30-33/h6-11,13,33H,3-5,12,14H2,1-2H3,(H,28,29)(H,30,31)(H,26,27,32). The highest BCUT2D eigenvalue weighted by atomic mass is 16.5. The highest BCUT2D eigenvalue weighted by Crippen LogP contribution is 2.30. The summed E-state index contributed by atoms with van der Waals surface area (Å²) in [5.74, 6) is 0.619. The molecule has 1 amide bonds. The third kappa shape index (κ3) is 4.99. The molecule has 0 aliphatic heterocycles. The molecular formula is C25H27N5O4. The Balaban J connectivity index is 1.69. The second-order valence-electron chi connectivity index (χ2n) is 8.03. The van der Waals surface area contributed by atoms with Gasteiger partial charge in [0.15, 0.2) is 0 Å². The molecule has 2 aromatic carbocycles. The molecule has 4 aromatic rings. The molecule has 2 heterocycles. The predicted molar refractivity (Wildman–Crippen MR) is 128 cm³/mol. The molecule has 4 rings (SSSR count). The van der Waals surface area contributed by atoms with Gasteiger partial charge in [-0.05, 0) is 48.6 Å². The van der Waals surface area contributed by atoms with E-state index in [1.807, 2.05) is 49.4 Å². The van der Waals surface area contributed by atoms with Crippen molar-refractivity contribution in [2.45, 2.75) is 39.5 Å². The monoisotopic (exact) mass is 461 g/mol. The maximum absolute atomic E-state index is 12.7. The third-order valence-electron chi connectivity index (χ3n) is 5.50. The van der Waals surface area contributed by atoms with E-state index in [2.05, 4.69) is 22.1 Å². The average molecular weight is 462 g/mol. The molecule has 0 bridgehead atoms. The number of hydrogen-bond acceptors (Lipinski definition) is 6. The van der Waals surface area contributed by atoms with Crippen LogP contribution in [-0.2, 0) is 24.1 Å². The number of aromatic amines is 2. The Labute approximate surface area is 196 Å². The van der Waals surface area contributed by atoms with Crippen LogP contribution in [0.3, 0.4) is 0 Å². The van der Waals surface area contributed by atoms with E-state index in [1.54, 1.807) is 5.48 Å². The third-order valence-corrected chi connectivity index (χ3v) is 5.50. The lowest BCUT2D eigenvalue weighted by molar-refractivity contribution is -0.128. The second-order valence-corrected chi connectivity index (χ2v) is 8.03. The summed E-state index contributed by atoms with van der Waals surface area (Å²) < 4.78 is 5.83. The molecule has 0 atom stereocenters. The Morgan fingerprint density at radius 1 is 1.09 bits per heavy atom. The number of aryl methyl sites for hydroxylation is 1. The van der Waals surface area contributed by atoms with E-state index in [0.717, 1.165) is 35.2 Å². The molecule has 0 saturated carbocycles. The largest absolute Gasteiger partial charge is 0.493 e. The van der Waals surface area contributed by atoms with Crippen LogP contribution in [0.15, 0.2) is 47.3 Å². The number of aromatic nitrogens is 4. The first-order valence-electron chi connectivity index (χ1n) is 11.3. The fraction of sp³-hybridized carbons (Fsp3) is 0.280. The molecular weight excluding hydrogens is 434 g/mol. The molecule has 4 N–H and O–H groups in total. The number of ether oxygens (including phenoxy) is 1. The number of rotatable bonds is 9. The molecule has 0 aliphatic rings. The summed E-state index contributed by atoms with van der Waals surface area (Å²) in [6.07, 6.45) is 2.38. The van der Waals surface area contributed by atoms with Gasteiger partial charge >= 0.3 is 0 Å². The van der Waals surface area contributed by atoms with Crippen molar-refractivity contribution in [3.05, 3.63) is 75.2 Å². The van der Waals surface area contributed by atoms with E-state index in [0.29, 0.717) is 41.2 Å². The number of hydrogen-bond donors (Lipinski definition) is 4. The van der Waals surface area contributed by atoms with Gasteiger partial charge in [-0.3, -0.25) is 19.9 Å². The summed E-state index contributed by atoms with van der Waals surface area (Å²) in [5, 5.41) is 15.8. The lowest BCUT2D eigenvalue weighted by Crippen LogP contribution is -2.20. The Morgan fingerprint density at radius 3 is 2.53 bits per heavy atom.